The van der Waals surface area contributed by atoms with Gasteiger partial charge < -0.3 is 5.32 Å². The number of hydrogen-bond donors (Lipinski definition) is 1. The number of hydrogen-bond acceptors (Lipinski definition) is 3. The largest absolute Gasteiger partial charge is 0.325 e. The van der Waals surface area contributed by atoms with Gasteiger partial charge in [0.05, 0.1) is 17.6 Å². The lowest BCUT2D eigenvalue weighted by atomic mass is 10.2. The van der Waals surface area contributed by atoms with E-state index in [1.165, 1.54) is 0 Å². The topological polar surface area (TPSA) is 59.8 Å². The average Bonchev–Trinajstić information content (AvgIpc) is 2.75. The Labute approximate surface area is 103 Å². The summed E-state index contributed by atoms with van der Waals surface area (Å²) in [5.74, 6) is -0.300. The van der Waals surface area contributed by atoms with Crippen molar-refractivity contribution in [3.05, 3.63) is 36.2 Å². The minimum absolute atomic E-state index is 0.0629. The van der Waals surface area contributed by atoms with Gasteiger partial charge in [-0.2, -0.15) is 0 Å². The highest BCUT2D eigenvalue weighted by Gasteiger charge is 2.04. The molecule has 2 rings (SSSR count). The maximum atomic E-state index is 11.2. The lowest BCUT2D eigenvalue weighted by Crippen LogP contribution is -2.12. The first-order valence-corrected chi connectivity index (χ1v) is 5.57. The quantitative estimate of drug-likeness (QED) is 0.845. The highest BCUT2D eigenvalue weighted by Crippen LogP contribution is 2.15. The summed E-state index contributed by atoms with van der Waals surface area (Å²) in [7, 11) is 0. The molecule has 0 unspecified atom stereocenters. The van der Waals surface area contributed by atoms with Gasteiger partial charge >= 0.3 is 0 Å². The third-order valence-corrected chi connectivity index (χ3v) is 2.46. The Morgan fingerprint density at radius 1 is 1.53 bits per heavy atom. The number of nitrogens with zero attached hydrogens (tertiary/aromatic N) is 3. The molecule has 1 aromatic heterocycles. The minimum atomic E-state index is -0.237. The zero-order valence-corrected chi connectivity index (χ0v) is 9.98. The zero-order valence-electron chi connectivity index (χ0n) is 9.22. The van der Waals surface area contributed by atoms with Crippen molar-refractivity contribution in [2.45, 2.75) is 6.92 Å². The van der Waals surface area contributed by atoms with Crippen molar-refractivity contribution in [1.29, 1.82) is 0 Å². The Kier molecular flexibility index (Phi) is 3.39. The molecule has 0 fully saturated rings. The summed E-state index contributed by atoms with van der Waals surface area (Å²) < 4.78 is 1.69. The van der Waals surface area contributed by atoms with Crippen molar-refractivity contribution in [1.82, 2.24) is 15.0 Å². The Morgan fingerprint density at radius 3 is 3.00 bits per heavy atom. The molecule has 0 aliphatic heterocycles. The van der Waals surface area contributed by atoms with E-state index in [0.717, 1.165) is 11.4 Å². The summed E-state index contributed by atoms with van der Waals surface area (Å²) in [6.07, 6.45) is 1.67. The number of anilines is 1. The van der Waals surface area contributed by atoms with Crippen LogP contribution in [0.15, 0.2) is 30.5 Å². The average molecular weight is 251 g/mol. The van der Waals surface area contributed by atoms with Crippen LogP contribution in [0.3, 0.4) is 0 Å². The number of carbonyl (C=O) groups excluding carboxylic acids is 1. The van der Waals surface area contributed by atoms with Gasteiger partial charge in [-0.15, -0.1) is 16.7 Å². The number of aryl methyl sites for hydroxylation is 1. The predicted octanol–water partition coefficient (Wildman–Crippen LogP) is 1.75. The van der Waals surface area contributed by atoms with Crippen molar-refractivity contribution in [2.24, 2.45) is 0 Å². The molecule has 0 spiro atoms. The Bertz CT molecular complexity index is 538. The molecule has 0 bridgehead atoms. The fourth-order valence-electron chi connectivity index (χ4n) is 1.45. The molecule has 0 radical (unpaired) electrons. The van der Waals surface area contributed by atoms with Crippen molar-refractivity contribution < 1.29 is 4.79 Å². The van der Waals surface area contributed by atoms with Crippen LogP contribution in [0.2, 0.25) is 0 Å². The molecular formula is C11H11ClN4O. The maximum absolute atomic E-state index is 11.2. The van der Waals surface area contributed by atoms with Gasteiger partial charge in [0.25, 0.3) is 0 Å². The smallest absolute Gasteiger partial charge is 0.239 e. The van der Waals surface area contributed by atoms with E-state index < -0.39 is 0 Å². The second-order valence-corrected chi connectivity index (χ2v) is 3.79. The number of amides is 1. The monoisotopic (exact) mass is 250 g/mol. The Hall–Kier alpha value is -1.88. The van der Waals surface area contributed by atoms with Crippen molar-refractivity contribution >= 4 is 23.2 Å². The van der Waals surface area contributed by atoms with Crippen LogP contribution in [0.25, 0.3) is 5.69 Å². The van der Waals surface area contributed by atoms with Crippen LogP contribution in [-0.4, -0.2) is 26.8 Å². The SMILES string of the molecule is Cc1cnnn1-c1cccc(NC(=O)CCl)c1. The van der Waals surface area contributed by atoms with Crippen LogP contribution in [0, 0.1) is 6.92 Å². The predicted molar refractivity (Wildman–Crippen MR) is 65.4 cm³/mol. The van der Waals surface area contributed by atoms with Crippen LogP contribution in [0.5, 0.6) is 0 Å². The highest BCUT2D eigenvalue weighted by molar-refractivity contribution is 6.29. The first-order valence-electron chi connectivity index (χ1n) is 5.04. The van der Waals surface area contributed by atoms with E-state index >= 15 is 0 Å². The Balaban J connectivity index is 2.29. The number of benzene rings is 1. The summed E-state index contributed by atoms with van der Waals surface area (Å²) in [6.45, 7) is 1.91. The normalized spacial score (nSPS) is 10.2. The first-order chi connectivity index (χ1) is 8.20. The van der Waals surface area contributed by atoms with Gasteiger partial charge in [0, 0.05) is 5.69 Å². The van der Waals surface area contributed by atoms with Crippen molar-refractivity contribution in [2.75, 3.05) is 11.2 Å². The summed E-state index contributed by atoms with van der Waals surface area (Å²) in [5.41, 5.74) is 2.45. The fourth-order valence-corrected chi connectivity index (χ4v) is 1.52. The fraction of sp³-hybridized carbons (Fsp3) is 0.182. The van der Waals surface area contributed by atoms with Crippen molar-refractivity contribution in [3.63, 3.8) is 0 Å². The van der Waals surface area contributed by atoms with E-state index in [9.17, 15) is 4.79 Å². The third kappa shape index (κ3) is 2.62. The molecule has 1 aromatic carbocycles. The molecule has 0 saturated carbocycles. The standard InChI is InChI=1S/C11H11ClN4O/c1-8-7-13-15-16(8)10-4-2-3-9(5-10)14-11(17)6-12/h2-5,7H,6H2,1H3,(H,14,17). The lowest BCUT2D eigenvalue weighted by Gasteiger charge is -2.06. The van der Waals surface area contributed by atoms with Gasteiger partial charge in [-0.25, -0.2) is 4.68 Å². The van der Waals surface area contributed by atoms with Gasteiger partial charge in [0.1, 0.15) is 5.88 Å². The summed E-state index contributed by atoms with van der Waals surface area (Å²) in [5, 5.41) is 10.4. The van der Waals surface area contributed by atoms with Gasteiger partial charge in [-0.3, -0.25) is 4.79 Å². The lowest BCUT2D eigenvalue weighted by molar-refractivity contribution is -0.113. The molecule has 88 valence electrons. The van der Waals surface area contributed by atoms with E-state index in [0.29, 0.717) is 5.69 Å². The second kappa shape index (κ2) is 4.97. The van der Waals surface area contributed by atoms with E-state index in [4.69, 9.17) is 11.6 Å². The third-order valence-electron chi connectivity index (χ3n) is 2.22. The van der Waals surface area contributed by atoms with Gasteiger partial charge in [-0.05, 0) is 25.1 Å². The number of alkyl halides is 1. The number of halogens is 1. The molecule has 5 nitrogen and oxygen atoms in total. The van der Waals surface area contributed by atoms with Crippen LogP contribution in [0.1, 0.15) is 5.69 Å². The summed E-state index contributed by atoms with van der Waals surface area (Å²) in [4.78, 5) is 11.2. The molecule has 2 aromatic rings. The number of rotatable bonds is 3. The molecule has 0 atom stereocenters. The molecule has 0 saturated heterocycles. The maximum Gasteiger partial charge on any atom is 0.239 e. The van der Waals surface area contributed by atoms with Gasteiger partial charge in [0.15, 0.2) is 0 Å². The van der Waals surface area contributed by atoms with E-state index in [2.05, 4.69) is 15.6 Å². The zero-order chi connectivity index (χ0) is 12.3. The number of carbonyl (C=O) groups is 1. The van der Waals surface area contributed by atoms with E-state index in [1.54, 1.807) is 16.9 Å². The molecule has 0 aliphatic rings. The Morgan fingerprint density at radius 2 is 2.35 bits per heavy atom. The summed E-state index contributed by atoms with van der Waals surface area (Å²) in [6, 6.07) is 7.32. The van der Waals surface area contributed by atoms with E-state index in [-0.39, 0.29) is 11.8 Å². The summed E-state index contributed by atoms with van der Waals surface area (Å²) >= 11 is 5.43. The van der Waals surface area contributed by atoms with Gasteiger partial charge in [0.2, 0.25) is 5.91 Å². The van der Waals surface area contributed by atoms with Crippen LogP contribution < -0.4 is 5.32 Å². The highest BCUT2D eigenvalue weighted by atomic mass is 35.5. The molecule has 1 N–H and O–H groups in total. The molecule has 1 heterocycles. The van der Waals surface area contributed by atoms with Crippen LogP contribution in [0.4, 0.5) is 5.69 Å². The van der Waals surface area contributed by atoms with E-state index in [1.807, 2.05) is 25.1 Å². The molecule has 17 heavy (non-hydrogen) atoms. The van der Waals surface area contributed by atoms with Crippen LogP contribution in [-0.2, 0) is 4.79 Å². The molecule has 6 heteroatoms. The minimum Gasteiger partial charge on any atom is -0.325 e. The molecule has 1 amide bonds. The molecular weight excluding hydrogens is 240 g/mol. The van der Waals surface area contributed by atoms with Gasteiger partial charge in [-0.1, -0.05) is 11.3 Å². The van der Waals surface area contributed by atoms with Crippen LogP contribution >= 0.6 is 11.6 Å². The number of aromatic nitrogens is 3. The first kappa shape index (κ1) is 11.6. The van der Waals surface area contributed by atoms with Crippen molar-refractivity contribution in [3.8, 4) is 5.69 Å². The number of nitrogens with one attached hydrogen (secondary N) is 1. The second-order valence-electron chi connectivity index (χ2n) is 3.52. The molecule has 0 aliphatic carbocycles.